The van der Waals surface area contributed by atoms with Crippen LogP contribution in [0.15, 0.2) is 58.5 Å². The average molecular weight is 451 g/mol. The molecule has 1 N–H and O–H groups in total. The van der Waals surface area contributed by atoms with Crippen LogP contribution in [0.1, 0.15) is 19.8 Å². The fraction of sp³-hybridized carbons (Fsp3) is 0.286. The first kappa shape index (κ1) is 22.7. The SMILES string of the molecule is CCCCn1c(SCC(=O)Nc2ccc(OC(F)(F)F)cc2)nc2ccccc2c1=O. The molecule has 0 atom stereocenters. The molecule has 2 aromatic carbocycles. The average Bonchev–Trinajstić information content (AvgIpc) is 2.72. The fourth-order valence-electron chi connectivity index (χ4n) is 2.84. The minimum absolute atomic E-state index is 0.0162. The summed E-state index contributed by atoms with van der Waals surface area (Å²) in [7, 11) is 0. The second-order valence-electron chi connectivity index (χ2n) is 6.63. The second kappa shape index (κ2) is 9.86. The van der Waals surface area contributed by atoms with Gasteiger partial charge in [0, 0.05) is 12.2 Å². The van der Waals surface area contributed by atoms with E-state index in [-0.39, 0.29) is 23.0 Å². The van der Waals surface area contributed by atoms with Crippen molar-refractivity contribution in [3.05, 3.63) is 58.9 Å². The third-order valence-electron chi connectivity index (χ3n) is 4.27. The van der Waals surface area contributed by atoms with Crippen LogP contribution >= 0.6 is 11.8 Å². The summed E-state index contributed by atoms with van der Waals surface area (Å²) in [5, 5.41) is 3.57. The van der Waals surface area contributed by atoms with Gasteiger partial charge in [-0.15, -0.1) is 13.2 Å². The van der Waals surface area contributed by atoms with Crippen molar-refractivity contribution in [1.82, 2.24) is 9.55 Å². The second-order valence-corrected chi connectivity index (χ2v) is 7.57. The van der Waals surface area contributed by atoms with Gasteiger partial charge in [0.2, 0.25) is 5.91 Å². The lowest BCUT2D eigenvalue weighted by Gasteiger charge is -2.13. The first-order valence-corrected chi connectivity index (χ1v) is 10.5. The van der Waals surface area contributed by atoms with E-state index >= 15 is 0 Å². The number of amides is 1. The Hall–Kier alpha value is -3.01. The van der Waals surface area contributed by atoms with Crippen LogP contribution in [-0.4, -0.2) is 27.6 Å². The minimum Gasteiger partial charge on any atom is -0.406 e. The first-order valence-electron chi connectivity index (χ1n) is 9.55. The van der Waals surface area contributed by atoms with E-state index in [1.165, 1.54) is 12.1 Å². The van der Waals surface area contributed by atoms with Crippen molar-refractivity contribution in [1.29, 1.82) is 0 Å². The van der Waals surface area contributed by atoms with Crippen LogP contribution in [-0.2, 0) is 11.3 Å². The number of benzene rings is 2. The van der Waals surface area contributed by atoms with Crippen molar-refractivity contribution in [2.75, 3.05) is 11.1 Å². The number of alkyl halides is 3. The lowest BCUT2D eigenvalue weighted by molar-refractivity contribution is -0.274. The smallest absolute Gasteiger partial charge is 0.406 e. The Morgan fingerprint density at radius 1 is 1.16 bits per heavy atom. The molecule has 6 nitrogen and oxygen atoms in total. The molecule has 0 saturated heterocycles. The van der Waals surface area contributed by atoms with E-state index in [9.17, 15) is 22.8 Å². The van der Waals surface area contributed by atoms with E-state index in [0.29, 0.717) is 28.3 Å². The maximum Gasteiger partial charge on any atom is 0.573 e. The van der Waals surface area contributed by atoms with Gasteiger partial charge in [0.05, 0.1) is 16.7 Å². The molecule has 0 saturated carbocycles. The maximum atomic E-state index is 12.8. The molecule has 0 spiro atoms. The number of ether oxygens (including phenoxy) is 1. The van der Waals surface area contributed by atoms with E-state index in [0.717, 1.165) is 36.7 Å². The molecule has 10 heteroatoms. The number of hydrogen-bond acceptors (Lipinski definition) is 5. The van der Waals surface area contributed by atoms with Gasteiger partial charge in [0.15, 0.2) is 5.16 Å². The number of aromatic nitrogens is 2. The summed E-state index contributed by atoms with van der Waals surface area (Å²) in [6, 6.07) is 11.9. The van der Waals surface area contributed by atoms with Crippen LogP contribution < -0.4 is 15.6 Å². The quantitative estimate of drug-likeness (QED) is 0.393. The number of halogens is 3. The van der Waals surface area contributed by atoms with Crippen molar-refractivity contribution in [2.24, 2.45) is 0 Å². The third-order valence-corrected chi connectivity index (χ3v) is 5.24. The van der Waals surface area contributed by atoms with E-state index in [4.69, 9.17) is 0 Å². The Labute approximate surface area is 180 Å². The summed E-state index contributed by atoms with van der Waals surface area (Å²) in [5.74, 6) is -0.767. The highest BCUT2D eigenvalue weighted by Gasteiger charge is 2.31. The normalized spacial score (nSPS) is 11.5. The van der Waals surface area contributed by atoms with Gasteiger partial charge in [-0.25, -0.2) is 4.98 Å². The summed E-state index contributed by atoms with van der Waals surface area (Å²) < 4.78 is 42.1. The molecule has 0 aliphatic rings. The van der Waals surface area contributed by atoms with E-state index in [2.05, 4.69) is 15.0 Å². The van der Waals surface area contributed by atoms with Crippen molar-refractivity contribution in [2.45, 2.75) is 37.8 Å². The minimum atomic E-state index is -4.78. The van der Waals surface area contributed by atoms with Crippen molar-refractivity contribution < 1.29 is 22.7 Å². The summed E-state index contributed by atoms with van der Waals surface area (Å²) in [5.41, 5.74) is 0.737. The molecule has 0 aliphatic carbocycles. The van der Waals surface area contributed by atoms with Gasteiger partial charge in [-0.3, -0.25) is 14.2 Å². The standard InChI is InChI=1S/C21H20F3N3O3S/c1-2-3-12-27-19(29)16-6-4-5-7-17(16)26-20(27)31-13-18(28)25-14-8-10-15(11-9-14)30-21(22,23)24/h4-11H,2-3,12-13H2,1H3,(H,25,28). The Balaban J connectivity index is 1.70. The van der Waals surface area contributed by atoms with Gasteiger partial charge in [-0.2, -0.15) is 0 Å². The molecule has 1 amide bonds. The number of anilines is 1. The summed E-state index contributed by atoms with van der Waals surface area (Å²) in [4.78, 5) is 29.7. The summed E-state index contributed by atoms with van der Waals surface area (Å²) >= 11 is 1.13. The molecule has 164 valence electrons. The Kier molecular flexibility index (Phi) is 7.21. The number of unbranched alkanes of at least 4 members (excludes halogenated alkanes) is 1. The van der Waals surface area contributed by atoms with Crippen LogP contribution in [0.3, 0.4) is 0 Å². The predicted molar refractivity (Wildman–Crippen MR) is 113 cm³/mol. The van der Waals surface area contributed by atoms with Gasteiger partial charge < -0.3 is 10.1 Å². The molecular formula is C21H20F3N3O3S. The van der Waals surface area contributed by atoms with Gasteiger partial charge >= 0.3 is 6.36 Å². The van der Waals surface area contributed by atoms with E-state index in [1.54, 1.807) is 28.8 Å². The summed E-state index contributed by atoms with van der Waals surface area (Å²) in [6.45, 7) is 2.52. The van der Waals surface area contributed by atoms with Gasteiger partial charge in [0.1, 0.15) is 5.75 Å². The third kappa shape index (κ3) is 6.24. The topological polar surface area (TPSA) is 73.2 Å². The summed E-state index contributed by atoms with van der Waals surface area (Å²) in [6.07, 6.45) is -3.08. The highest BCUT2D eigenvalue weighted by Crippen LogP contribution is 2.24. The zero-order valence-electron chi connectivity index (χ0n) is 16.6. The van der Waals surface area contributed by atoms with Crippen LogP contribution in [0.2, 0.25) is 0 Å². The molecule has 0 fully saturated rings. The molecule has 0 bridgehead atoms. The Bertz CT molecular complexity index is 1110. The molecule has 31 heavy (non-hydrogen) atoms. The van der Waals surface area contributed by atoms with Crippen molar-refractivity contribution in [3.8, 4) is 5.75 Å². The molecule has 3 aromatic rings. The van der Waals surface area contributed by atoms with Crippen LogP contribution in [0.4, 0.5) is 18.9 Å². The van der Waals surface area contributed by atoms with Crippen molar-refractivity contribution in [3.63, 3.8) is 0 Å². The van der Waals surface area contributed by atoms with Gasteiger partial charge in [-0.1, -0.05) is 37.2 Å². The molecule has 3 rings (SSSR count). The molecule has 0 radical (unpaired) electrons. The molecule has 0 aliphatic heterocycles. The number of nitrogens with one attached hydrogen (secondary N) is 1. The van der Waals surface area contributed by atoms with Gasteiger partial charge in [0.25, 0.3) is 5.56 Å². The Morgan fingerprint density at radius 3 is 2.55 bits per heavy atom. The van der Waals surface area contributed by atoms with Crippen LogP contribution in [0.25, 0.3) is 10.9 Å². The van der Waals surface area contributed by atoms with Gasteiger partial charge in [-0.05, 0) is 42.8 Å². The fourth-order valence-corrected chi connectivity index (χ4v) is 3.66. The van der Waals surface area contributed by atoms with E-state index < -0.39 is 6.36 Å². The highest BCUT2D eigenvalue weighted by molar-refractivity contribution is 7.99. The number of rotatable bonds is 8. The number of fused-ring (bicyclic) bond motifs is 1. The molecular weight excluding hydrogens is 431 g/mol. The highest BCUT2D eigenvalue weighted by atomic mass is 32.2. The monoisotopic (exact) mass is 451 g/mol. The number of nitrogens with zero attached hydrogens (tertiary/aromatic N) is 2. The van der Waals surface area contributed by atoms with Crippen LogP contribution in [0, 0.1) is 0 Å². The maximum absolute atomic E-state index is 12.8. The zero-order chi connectivity index (χ0) is 22.4. The number of thioether (sulfide) groups is 1. The number of carbonyl (C=O) groups is 1. The number of carbonyl (C=O) groups excluding carboxylic acids is 1. The van der Waals surface area contributed by atoms with Crippen molar-refractivity contribution >= 4 is 34.3 Å². The predicted octanol–water partition coefficient (Wildman–Crippen LogP) is 4.83. The molecule has 0 unspecified atom stereocenters. The number of hydrogen-bond donors (Lipinski definition) is 1. The lowest BCUT2D eigenvalue weighted by Crippen LogP contribution is -2.24. The first-order chi connectivity index (χ1) is 14.8. The number of para-hydroxylation sites is 1. The zero-order valence-corrected chi connectivity index (χ0v) is 17.4. The molecule has 1 aromatic heterocycles. The van der Waals surface area contributed by atoms with E-state index in [1.807, 2.05) is 6.92 Å². The largest absolute Gasteiger partial charge is 0.573 e. The van der Waals surface area contributed by atoms with Crippen LogP contribution in [0.5, 0.6) is 5.75 Å². The Morgan fingerprint density at radius 2 is 1.87 bits per heavy atom. The lowest BCUT2D eigenvalue weighted by atomic mass is 10.2. The molecule has 1 heterocycles.